The Balaban J connectivity index is 2.84. The predicted octanol–water partition coefficient (Wildman–Crippen LogP) is 3.01. The number of hydrogen-bond donors (Lipinski definition) is 1. The summed E-state index contributed by atoms with van der Waals surface area (Å²) < 4.78 is 13.4. The van der Waals surface area contributed by atoms with Gasteiger partial charge in [0.05, 0.1) is 5.02 Å². The van der Waals surface area contributed by atoms with Gasteiger partial charge >= 0.3 is 0 Å². The monoisotopic (exact) mass is 262 g/mol. The van der Waals surface area contributed by atoms with Crippen LogP contribution in [-0.2, 0) is 0 Å². The van der Waals surface area contributed by atoms with Crippen LogP contribution >= 0.6 is 11.6 Å². The molecule has 90 valence electrons. The van der Waals surface area contributed by atoms with Gasteiger partial charge in [-0.3, -0.25) is 4.79 Å². The van der Waals surface area contributed by atoms with Crippen LogP contribution in [0, 0.1) is 24.1 Å². The highest BCUT2D eigenvalue weighted by atomic mass is 35.5. The topological polar surface area (TPSA) is 56.6 Å². The number of nitrogens with one attached hydrogen (secondary N) is 1. The van der Waals surface area contributed by atoms with Crippen molar-refractivity contribution in [3.05, 3.63) is 56.7 Å². The van der Waals surface area contributed by atoms with E-state index in [2.05, 4.69) is 4.98 Å². The van der Waals surface area contributed by atoms with Crippen molar-refractivity contribution < 1.29 is 4.39 Å². The van der Waals surface area contributed by atoms with Crippen LogP contribution < -0.4 is 5.56 Å². The number of H-pyrrole nitrogens is 1. The van der Waals surface area contributed by atoms with Crippen molar-refractivity contribution in [2.24, 2.45) is 0 Å². The van der Waals surface area contributed by atoms with Gasteiger partial charge in [0.15, 0.2) is 0 Å². The smallest absolute Gasteiger partial charge is 0.266 e. The van der Waals surface area contributed by atoms with E-state index in [1.807, 2.05) is 6.07 Å². The lowest BCUT2D eigenvalue weighted by Crippen LogP contribution is -2.12. The molecule has 0 atom stereocenters. The summed E-state index contributed by atoms with van der Waals surface area (Å²) in [5, 5.41) is 8.91. The zero-order valence-electron chi connectivity index (χ0n) is 9.42. The van der Waals surface area contributed by atoms with Crippen molar-refractivity contribution in [3.8, 4) is 17.2 Å². The van der Waals surface area contributed by atoms with Gasteiger partial charge in [0.1, 0.15) is 17.4 Å². The quantitative estimate of drug-likeness (QED) is 0.859. The van der Waals surface area contributed by atoms with Gasteiger partial charge in [0.25, 0.3) is 5.56 Å². The van der Waals surface area contributed by atoms with Gasteiger partial charge in [0.2, 0.25) is 0 Å². The van der Waals surface area contributed by atoms with Crippen molar-refractivity contribution in [2.45, 2.75) is 6.92 Å². The third-order valence-corrected chi connectivity index (χ3v) is 2.91. The summed E-state index contributed by atoms with van der Waals surface area (Å²) in [5.74, 6) is -0.587. The number of pyridine rings is 1. The molecule has 0 saturated heterocycles. The van der Waals surface area contributed by atoms with E-state index in [9.17, 15) is 9.18 Å². The third kappa shape index (κ3) is 2.01. The van der Waals surface area contributed by atoms with Crippen LogP contribution in [0.4, 0.5) is 4.39 Å². The molecule has 0 fully saturated rings. The summed E-state index contributed by atoms with van der Waals surface area (Å²) in [6.45, 7) is 1.68. The first-order chi connectivity index (χ1) is 8.54. The number of nitrogens with zero attached hydrogens (tertiary/aromatic N) is 1. The second-order valence-corrected chi connectivity index (χ2v) is 4.16. The number of rotatable bonds is 1. The highest BCUT2D eigenvalue weighted by molar-refractivity contribution is 6.33. The van der Waals surface area contributed by atoms with Gasteiger partial charge in [-0.1, -0.05) is 23.7 Å². The lowest BCUT2D eigenvalue weighted by molar-refractivity contribution is 0.629. The average Bonchev–Trinajstić information content (AvgIpc) is 2.32. The SMILES string of the molecule is Cc1cc(-c2cccc(F)c2Cl)c(C#N)c(=O)[nH]1. The average molecular weight is 263 g/mol. The molecule has 0 aliphatic carbocycles. The fourth-order valence-electron chi connectivity index (χ4n) is 1.72. The first-order valence-electron chi connectivity index (χ1n) is 5.13. The number of aromatic amines is 1. The number of aryl methyl sites for hydroxylation is 1. The third-order valence-electron chi connectivity index (χ3n) is 2.52. The molecule has 0 bridgehead atoms. The van der Waals surface area contributed by atoms with E-state index in [0.717, 1.165) is 0 Å². The number of halogens is 2. The summed E-state index contributed by atoms with van der Waals surface area (Å²) in [7, 11) is 0. The Labute approximate surface area is 107 Å². The summed E-state index contributed by atoms with van der Waals surface area (Å²) in [4.78, 5) is 14.2. The molecule has 2 aromatic rings. The maximum absolute atomic E-state index is 13.4. The lowest BCUT2D eigenvalue weighted by Gasteiger charge is -2.07. The van der Waals surface area contributed by atoms with Crippen LogP contribution in [0.5, 0.6) is 0 Å². The van der Waals surface area contributed by atoms with E-state index in [-0.39, 0.29) is 10.6 Å². The van der Waals surface area contributed by atoms with E-state index in [4.69, 9.17) is 16.9 Å². The van der Waals surface area contributed by atoms with Gasteiger partial charge in [-0.2, -0.15) is 5.26 Å². The van der Waals surface area contributed by atoms with Gasteiger partial charge < -0.3 is 4.98 Å². The highest BCUT2D eigenvalue weighted by Gasteiger charge is 2.14. The minimum absolute atomic E-state index is 0.0758. The first kappa shape index (κ1) is 12.3. The van der Waals surface area contributed by atoms with E-state index in [1.54, 1.807) is 19.1 Å². The Morgan fingerprint density at radius 1 is 1.39 bits per heavy atom. The van der Waals surface area contributed by atoms with E-state index in [0.29, 0.717) is 16.8 Å². The molecule has 0 spiro atoms. The van der Waals surface area contributed by atoms with Crippen LogP contribution in [0.15, 0.2) is 29.1 Å². The summed E-state index contributed by atoms with van der Waals surface area (Å²) in [6, 6.07) is 7.68. The Hall–Kier alpha value is -2.12. The zero-order valence-corrected chi connectivity index (χ0v) is 10.2. The van der Waals surface area contributed by atoms with E-state index >= 15 is 0 Å². The molecule has 0 unspecified atom stereocenters. The highest BCUT2D eigenvalue weighted by Crippen LogP contribution is 2.31. The van der Waals surface area contributed by atoms with Crippen LogP contribution in [0.1, 0.15) is 11.3 Å². The van der Waals surface area contributed by atoms with Crippen molar-refractivity contribution in [3.63, 3.8) is 0 Å². The summed E-state index contributed by atoms with van der Waals surface area (Å²) in [6.07, 6.45) is 0. The summed E-state index contributed by atoms with van der Waals surface area (Å²) in [5.41, 5.74) is 0.668. The van der Waals surface area contributed by atoms with Crippen molar-refractivity contribution in [1.29, 1.82) is 5.26 Å². The molecule has 5 heteroatoms. The van der Waals surface area contributed by atoms with Crippen molar-refractivity contribution in [2.75, 3.05) is 0 Å². The Morgan fingerprint density at radius 2 is 2.11 bits per heavy atom. The predicted molar refractivity (Wildman–Crippen MR) is 66.9 cm³/mol. The second kappa shape index (κ2) is 4.63. The standard InChI is InChI=1S/C13H8ClFN2O/c1-7-5-9(10(6-16)13(18)17-7)8-3-2-4-11(15)12(8)14/h2-5H,1H3,(H,17,18). The maximum atomic E-state index is 13.4. The largest absolute Gasteiger partial charge is 0.325 e. The molecule has 0 amide bonds. The maximum Gasteiger partial charge on any atom is 0.266 e. The van der Waals surface area contributed by atoms with Crippen LogP contribution in [0.25, 0.3) is 11.1 Å². The molecule has 1 N–H and O–H groups in total. The lowest BCUT2D eigenvalue weighted by atomic mass is 10.0. The molecule has 3 nitrogen and oxygen atoms in total. The minimum atomic E-state index is -0.587. The van der Waals surface area contributed by atoms with Crippen LogP contribution in [0.3, 0.4) is 0 Å². The van der Waals surface area contributed by atoms with Crippen LogP contribution in [0.2, 0.25) is 5.02 Å². The molecular weight excluding hydrogens is 255 g/mol. The molecule has 2 rings (SSSR count). The fourth-order valence-corrected chi connectivity index (χ4v) is 1.95. The number of nitriles is 1. The van der Waals surface area contributed by atoms with Gasteiger partial charge in [-0.15, -0.1) is 0 Å². The molecule has 0 radical (unpaired) electrons. The second-order valence-electron chi connectivity index (χ2n) is 3.78. The Bertz CT molecular complexity index is 716. The normalized spacial score (nSPS) is 10.1. The van der Waals surface area contributed by atoms with Gasteiger partial charge in [0, 0.05) is 16.8 Å². The number of hydrogen-bond acceptors (Lipinski definition) is 2. The number of benzene rings is 1. The first-order valence-corrected chi connectivity index (χ1v) is 5.51. The molecule has 1 aromatic heterocycles. The van der Waals surface area contributed by atoms with Crippen molar-refractivity contribution in [1.82, 2.24) is 4.98 Å². The molecule has 18 heavy (non-hydrogen) atoms. The van der Waals surface area contributed by atoms with E-state index in [1.165, 1.54) is 12.1 Å². The Kier molecular flexibility index (Phi) is 3.17. The van der Waals surface area contributed by atoms with Gasteiger partial charge in [-0.05, 0) is 19.1 Å². The van der Waals surface area contributed by atoms with Crippen LogP contribution in [-0.4, -0.2) is 4.98 Å². The molecule has 0 saturated carbocycles. The molecular formula is C13H8ClFN2O. The number of aromatic nitrogens is 1. The minimum Gasteiger partial charge on any atom is -0.325 e. The zero-order chi connectivity index (χ0) is 13.3. The molecule has 1 heterocycles. The molecule has 1 aromatic carbocycles. The van der Waals surface area contributed by atoms with Crippen molar-refractivity contribution >= 4 is 11.6 Å². The Morgan fingerprint density at radius 3 is 2.78 bits per heavy atom. The van der Waals surface area contributed by atoms with Gasteiger partial charge in [-0.25, -0.2) is 4.39 Å². The van der Waals surface area contributed by atoms with E-state index < -0.39 is 11.4 Å². The summed E-state index contributed by atoms with van der Waals surface area (Å²) >= 11 is 5.86. The molecule has 0 aliphatic heterocycles. The molecule has 0 aliphatic rings. The fraction of sp³-hybridized carbons (Fsp3) is 0.0769.